The van der Waals surface area contributed by atoms with Gasteiger partial charge in [-0.3, -0.25) is 4.79 Å². The van der Waals surface area contributed by atoms with Crippen molar-refractivity contribution in [3.05, 3.63) is 35.9 Å². The number of hydrogen-bond acceptors (Lipinski definition) is 7. The highest BCUT2D eigenvalue weighted by molar-refractivity contribution is 8.00. The van der Waals surface area contributed by atoms with Crippen LogP contribution < -0.4 is 5.32 Å². The first-order valence-corrected chi connectivity index (χ1v) is 11.8. The number of hydrogen-bond donors (Lipinski definition) is 1. The molecule has 2 heterocycles. The number of benzene rings is 1. The molecule has 7 nitrogen and oxygen atoms in total. The number of aromatic nitrogens is 2. The molecule has 1 aliphatic rings. The molecule has 0 radical (unpaired) electrons. The van der Waals surface area contributed by atoms with Crippen LogP contribution in [0.4, 0.5) is 5.13 Å². The standard InChI is InChI=1S/C16H20N4O3S3/c1-26(22,23)20-9-5-8-13(10-20)14(21)17-15-18-19-16(25-15)24-11-12-6-3-2-4-7-12/h2-4,6-7,13H,5,8-11H2,1H3,(H,17,18,21)/t13-/m0/s1. The van der Waals surface area contributed by atoms with Crippen molar-refractivity contribution in [2.45, 2.75) is 22.9 Å². The quantitative estimate of drug-likeness (QED) is 0.579. The van der Waals surface area contributed by atoms with Gasteiger partial charge in [0.2, 0.25) is 21.1 Å². The Labute approximate surface area is 161 Å². The molecule has 26 heavy (non-hydrogen) atoms. The number of piperidine rings is 1. The van der Waals surface area contributed by atoms with Gasteiger partial charge in [0.05, 0.1) is 12.2 Å². The fourth-order valence-electron chi connectivity index (χ4n) is 2.70. The van der Waals surface area contributed by atoms with Gasteiger partial charge in [-0.2, -0.15) is 0 Å². The molecule has 140 valence electrons. The summed E-state index contributed by atoms with van der Waals surface area (Å²) in [6.45, 7) is 0.695. The van der Waals surface area contributed by atoms with Crippen LogP contribution in [0.15, 0.2) is 34.7 Å². The molecule has 0 aliphatic carbocycles. The van der Waals surface area contributed by atoms with E-state index in [9.17, 15) is 13.2 Å². The Bertz CT molecular complexity index is 855. The summed E-state index contributed by atoms with van der Waals surface area (Å²) in [6.07, 6.45) is 2.53. The molecule has 1 fully saturated rings. The van der Waals surface area contributed by atoms with Gasteiger partial charge in [-0.1, -0.05) is 53.4 Å². The van der Waals surface area contributed by atoms with Gasteiger partial charge in [-0.15, -0.1) is 10.2 Å². The number of rotatable bonds is 6. The smallest absolute Gasteiger partial charge is 0.230 e. The maximum atomic E-state index is 12.4. The van der Waals surface area contributed by atoms with Crippen LogP contribution in [0.2, 0.25) is 0 Å². The summed E-state index contributed by atoms with van der Waals surface area (Å²) >= 11 is 2.89. The number of sulfonamides is 1. The van der Waals surface area contributed by atoms with Gasteiger partial charge in [0.15, 0.2) is 4.34 Å². The number of anilines is 1. The Morgan fingerprint density at radius 2 is 2.12 bits per heavy atom. The van der Waals surface area contributed by atoms with E-state index >= 15 is 0 Å². The largest absolute Gasteiger partial charge is 0.300 e. The Hall–Kier alpha value is -1.49. The highest BCUT2D eigenvalue weighted by Crippen LogP contribution is 2.29. The SMILES string of the molecule is CS(=O)(=O)N1CCC[C@H](C(=O)Nc2nnc(SCc3ccccc3)s2)C1. The fraction of sp³-hybridized carbons (Fsp3) is 0.438. The lowest BCUT2D eigenvalue weighted by atomic mass is 9.99. The Balaban J connectivity index is 1.54. The number of carbonyl (C=O) groups is 1. The lowest BCUT2D eigenvalue weighted by molar-refractivity contribution is -0.120. The van der Waals surface area contributed by atoms with E-state index in [0.29, 0.717) is 24.5 Å². The van der Waals surface area contributed by atoms with Crippen LogP contribution in [0.1, 0.15) is 18.4 Å². The molecule has 0 spiro atoms. The van der Waals surface area contributed by atoms with Gasteiger partial charge in [0.1, 0.15) is 0 Å². The molecular weight excluding hydrogens is 392 g/mol. The second-order valence-electron chi connectivity index (χ2n) is 6.10. The number of carbonyl (C=O) groups excluding carboxylic acids is 1. The van der Waals surface area contributed by atoms with Crippen LogP contribution >= 0.6 is 23.1 Å². The van der Waals surface area contributed by atoms with Gasteiger partial charge < -0.3 is 5.32 Å². The summed E-state index contributed by atoms with van der Waals surface area (Å²) in [5.41, 5.74) is 1.20. The predicted molar refractivity (Wildman–Crippen MR) is 104 cm³/mol. The van der Waals surface area contributed by atoms with Gasteiger partial charge in [-0.25, -0.2) is 12.7 Å². The second kappa shape index (κ2) is 8.47. The maximum absolute atomic E-state index is 12.4. The van der Waals surface area contributed by atoms with Crippen LogP contribution in [0.3, 0.4) is 0 Å². The van der Waals surface area contributed by atoms with E-state index in [1.807, 2.05) is 30.3 Å². The van der Waals surface area contributed by atoms with E-state index in [2.05, 4.69) is 15.5 Å². The normalized spacial score (nSPS) is 18.6. The summed E-state index contributed by atoms with van der Waals surface area (Å²) in [5, 5.41) is 11.3. The predicted octanol–water partition coefficient (Wildman–Crippen LogP) is 2.44. The first kappa shape index (κ1) is 19.3. The minimum absolute atomic E-state index is 0.200. The third-order valence-corrected chi connectivity index (χ3v) is 7.38. The van der Waals surface area contributed by atoms with Gasteiger partial charge in [0.25, 0.3) is 0 Å². The second-order valence-corrected chi connectivity index (χ2v) is 10.3. The average Bonchev–Trinajstić information content (AvgIpc) is 3.07. The lowest BCUT2D eigenvalue weighted by Crippen LogP contribution is -2.43. The van der Waals surface area contributed by atoms with E-state index in [0.717, 1.165) is 10.1 Å². The molecule has 1 atom stereocenters. The van der Waals surface area contributed by atoms with Gasteiger partial charge >= 0.3 is 0 Å². The molecule has 1 amide bonds. The van der Waals surface area contributed by atoms with E-state index in [1.165, 1.54) is 27.5 Å². The topological polar surface area (TPSA) is 92.3 Å². The zero-order valence-electron chi connectivity index (χ0n) is 14.3. The van der Waals surface area contributed by atoms with Gasteiger partial charge in [0, 0.05) is 18.8 Å². The molecule has 1 aromatic carbocycles. The van der Waals surface area contributed by atoms with E-state index in [-0.39, 0.29) is 18.4 Å². The molecule has 1 aliphatic heterocycles. The first-order valence-electron chi connectivity index (χ1n) is 8.18. The molecule has 0 bridgehead atoms. The lowest BCUT2D eigenvalue weighted by Gasteiger charge is -2.29. The van der Waals surface area contributed by atoms with E-state index in [1.54, 1.807) is 11.8 Å². The monoisotopic (exact) mass is 412 g/mol. The summed E-state index contributed by atoms with van der Waals surface area (Å²) < 4.78 is 25.5. The first-order chi connectivity index (χ1) is 12.4. The minimum atomic E-state index is -3.27. The zero-order valence-corrected chi connectivity index (χ0v) is 16.7. The molecule has 1 N–H and O–H groups in total. The molecule has 3 rings (SSSR count). The summed E-state index contributed by atoms with van der Waals surface area (Å²) in [4.78, 5) is 12.4. The molecule has 10 heteroatoms. The zero-order chi connectivity index (χ0) is 18.6. The molecule has 2 aromatic rings. The highest BCUT2D eigenvalue weighted by atomic mass is 32.2. The summed E-state index contributed by atoms with van der Waals surface area (Å²) in [5.74, 6) is 0.229. The van der Waals surface area contributed by atoms with Crippen molar-refractivity contribution in [2.24, 2.45) is 5.92 Å². The van der Waals surface area contributed by atoms with Crippen molar-refractivity contribution in [1.29, 1.82) is 0 Å². The fourth-order valence-corrected chi connectivity index (χ4v) is 5.33. The highest BCUT2D eigenvalue weighted by Gasteiger charge is 2.30. The maximum Gasteiger partial charge on any atom is 0.230 e. The average molecular weight is 413 g/mol. The van der Waals surface area contributed by atoms with E-state index < -0.39 is 10.0 Å². The number of thioether (sulfide) groups is 1. The minimum Gasteiger partial charge on any atom is -0.300 e. The molecule has 1 saturated heterocycles. The van der Waals surface area contributed by atoms with Crippen LogP contribution in [0.5, 0.6) is 0 Å². The van der Waals surface area contributed by atoms with Crippen molar-refractivity contribution in [1.82, 2.24) is 14.5 Å². The van der Waals surface area contributed by atoms with E-state index in [4.69, 9.17) is 0 Å². The number of nitrogens with zero attached hydrogens (tertiary/aromatic N) is 3. The van der Waals surface area contributed by atoms with Crippen molar-refractivity contribution >= 4 is 44.2 Å². The van der Waals surface area contributed by atoms with Crippen molar-refractivity contribution in [3.63, 3.8) is 0 Å². The number of amides is 1. The Kier molecular flexibility index (Phi) is 6.28. The molecule has 1 aromatic heterocycles. The van der Waals surface area contributed by atoms with Crippen LogP contribution in [-0.2, 0) is 20.6 Å². The third kappa shape index (κ3) is 5.26. The molecule has 0 unspecified atom stereocenters. The summed E-state index contributed by atoms with van der Waals surface area (Å²) in [7, 11) is -3.27. The van der Waals surface area contributed by atoms with Crippen LogP contribution in [0, 0.1) is 5.92 Å². The molecular formula is C16H20N4O3S3. The Morgan fingerprint density at radius 3 is 2.85 bits per heavy atom. The van der Waals surface area contributed by atoms with Crippen molar-refractivity contribution < 1.29 is 13.2 Å². The van der Waals surface area contributed by atoms with Crippen LogP contribution in [0.25, 0.3) is 0 Å². The number of nitrogens with one attached hydrogen (secondary N) is 1. The van der Waals surface area contributed by atoms with Gasteiger partial charge in [-0.05, 0) is 18.4 Å². The van der Waals surface area contributed by atoms with Crippen molar-refractivity contribution in [3.8, 4) is 0 Å². The third-order valence-electron chi connectivity index (χ3n) is 4.07. The van der Waals surface area contributed by atoms with Crippen LogP contribution in [-0.4, -0.2) is 48.2 Å². The molecule has 0 saturated carbocycles. The Morgan fingerprint density at radius 1 is 1.35 bits per heavy atom. The summed E-state index contributed by atoms with van der Waals surface area (Å²) in [6, 6.07) is 10.1. The van der Waals surface area contributed by atoms with Crippen molar-refractivity contribution in [2.75, 3.05) is 24.7 Å².